The summed E-state index contributed by atoms with van der Waals surface area (Å²) in [5.74, 6) is -0.171. The lowest BCUT2D eigenvalue weighted by atomic mass is 9.75. The van der Waals surface area contributed by atoms with Crippen molar-refractivity contribution in [3.05, 3.63) is 59.7 Å². The molecular formula is C27H33NO6S. The SMILES string of the molecule is CC(C)[C@H]1CC[C@@H](C)C[C@H]1OC(=O)COC(=O)c1cccc(S(=O)(=O)N2CCc3ccccc32)c1. The molecule has 8 heteroatoms. The van der Waals surface area contributed by atoms with Crippen LogP contribution >= 0.6 is 0 Å². The van der Waals surface area contributed by atoms with E-state index >= 15 is 0 Å². The highest BCUT2D eigenvalue weighted by Crippen LogP contribution is 2.35. The summed E-state index contributed by atoms with van der Waals surface area (Å²) < 4.78 is 38.8. The molecule has 1 fully saturated rings. The number of esters is 2. The first-order chi connectivity index (χ1) is 16.7. The summed E-state index contributed by atoms with van der Waals surface area (Å²) >= 11 is 0. The average molecular weight is 500 g/mol. The third kappa shape index (κ3) is 5.53. The molecule has 0 amide bonds. The van der Waals surface area contributed by atoms with E-state index in [0.29, 0.717) is 36.4 Å². The number of fused-ring (bicyclic) bond motifs is 1. The number of rotatable bonds is 7. The quantitative estimate of drug-likeness (QED) is 0.517. The normalized spacial score (nSPS) is 22.1. The zero-order valence-corrected chi connectivity index (χ0v) is 21.3. The third-order valence-electron chi connectivity index (χ3n) is 7.07. The average Bonchev–Trinajstić information content (AvgIpc) is 3.27. The molecule has 2 aliphatic rings. The Bertz CT molecular complexity index is 1190. The number of anilines is 1. The highest BCUT2D eigenvalue weighted by Gasteiger charge is 2.34. The van der Waals surface area contributed by atoms with Crippen LogP contribution in [0, 0.1) is 17.8 Å². The van der Waals surface area contributed by atoms with Crippen LogP contribution in [0.1, 0.15) is 56.0 Å². The van der Waals surface area contributed by atoms with Crippen molar-refractivity contribution >= 4 is 27.6 Å². The van der Waals surface area contributed by atoms with Crippen molar-refractivity contribution in [1.29, 1.82) is 0 Å². The monoisotopic (exact) mass is 499 g/mol. The molecule has 1 saturated carbocycles. The first-order valence-corrected chi connectivity index (χ1v) is 13.7. The van der Waals surface area contributed by atoms with E-state index in [1.54, 1.807) is 12.1 Å². The van der Waals surface area contributed by atoms with Crippen molar-refractivity contribution in [2.75, 3.05) is 17.5 Å². The number of hydrogen-bond donors (Lipinski definition) is 0. The molecule has 1 aliphatic carbocycles. The van der Waals surface area contributed by atoms with Crippen molar-refractivity contribution in [3.63, 3.8) is 0 Å². The van der Waals surface area contributed by atoms with Crippen molar-refractivity contribution in [1.82, 2.24) is 0 Å². The van der Waals surface area contributed by atoms with Gasteiger partial charge in [-0.15, -0.1) is 0 Å². The third-order valence-corrected chi connectivity index (χ3v) is 8.88. The summed E-state index contributed by atoms with van der Waals surface area (Å²) in [5, 5.41) is 0. The zero-order chi connectivity index (χ0) is 25.2. The van der Waals surface area contributed by atoms with Crippen LogP contribution in [0.4, 0.5) is 5.69 Å². The van der Waals surface area contributed by atoms with E-state index < -0.39 is 28.6 Å². The van der Waals surface area contributed by atoms with Crippen molar-refractivity contribution in [3.8, 4) is 0 Å². The van der Waals surface area contributed by atoms with E-state index in [9.17, 15) is 18.0 Å². The molecule has 35 heavy (non-hydrogen) atoms. The zero-order valence-electron chi connectivity index (χ0n) is 20.5. The van der Waals surface area contributed by atoms with E-state index in [1.165, 1.54) is 28.6 Å². The van der Waals surface area contributed by atoms with Gasteiger partial charge in [-0.3, -0.25) is 4.31 Å². The van der Waals surface area contributed by atoms with Gasteiger partial charge in [-0.2, -0.15) is 0 Å². The van der Waals surface area contributed by atoms with E-state index in [-0.39, 0.29) is 16.6 Å². The fraction of sp³-hybridized carbons (Fsp3) is 0.481. The molecule has 7 nitrogen and oxygen atoms in total. The fourth-order valence-corrected chi connectivity index (χ4v) is 6.68. The molecule has 0 saturated heterocycles. The van der Waals surface area contributed by atoms with E-state index in [4.69, 9.17) is 9.47 Å². The number of nitrogens with zero attached hydrogens (tertiary/aromatic N) is 1. The van der Waals surface area contributed by atoms with Crippen LogP contribution in [0.15, 0.2) is 53.4 Å². The van der Waals surface area contributed by atoms with Gasteiger partial charge < -0.3 is 9.47 Å². The molecule has 4 rings (SSSR count). The summed E-state index contributed by atoms with van der Waals surface area (Å²) in [4.78, 5) is 25.1. The number of benzene rings is 2. The van der Waals surface area contributed by atoms with E-state index in [1.807, 2.05) is 12.1 Å². The number of ether oxygens (including phenoxy) is 2. The molecule has 188 valence electrons. The molecule has 1 aliphatic heterocycles. The van der Waals surface area contributed by atoms with Gasteiger partial charge in [0.15, 0.2) is 6.61 Å². The number of carbonyl (C=O) groups excluding carboxylic acids is 2. The maximum Gasteiger partial charge on any atom is 0.344 e. The van der Waals surface area contributed by atoms with Gasteiger partial charge in [0.2, 0.25) is 0 Å². The van der Waals surface area contributed by atoms with Gasteiger partial charge in [-0.05, 0) is 66.8 Å². The maximum absolute atomic E-state index is 13.3. The molecule has 3 atom stereocenters. The number of sulfonamides is 1. The van der Waals surface area contributed by atoms with Crippen molar-refractivity contribution in [2.45, 2.75) is 57.5 Å². The van der Waals surface area contributed by atoms with Gasteiger partial charge in [0.25, 0.3) is 10.0 Å². The van der Waals surface area contributed by atoms with Crippen molar-refractivity contribution in [2.24, 2.45) is 17.8 Å². The molecule has 0 aromatic heterocycles. The van der Waals surface area contributed by atoms with Crippen molar-refractivity contribution < 1.29 is 27.5 Å². The Balaban J connectivity index is 1.40. The first-order valence-electron chi connectivity index (χ1n) is 12.2. The first kappa shape index (κ1) is 25.2. The fourth-order valence-electron chi connectivity index (χ4n) is 5.13. The van der Waals surface area contributed by atoms with Crippen LogP contribution in [-0.4, -0.2) is 39.6 Å². The molecule has 1 heterocycles. The van der Waals surface area contributed by atoms with Crippen LogP contribution < -0.4 is 4.31 Å². The second kappa shape index (κ2) is 10.4. The Labute approximate surface area is 207 Å². The van der Waals surface area contributed by atoms with Crippen LogP contribution in [0.5, 0.6) is 0 Å². The second-order valence-corrected chi connectivity index (χ2v) is 11.8. The summed E-state index contributed by atoms with van der Waals surface area (Å²) in [5.41, 5.74) is 1.69. The van der Waals surface area contributed by atoms with Crippen LogP contribution in [0.25, 0.3) is 0 Å². The molecule has 2 aromatic rings. The molecule has 0 bridgehead atoms. The summed E-state index contributed by atoms with van der Waals surface area (Å²) in [6, 6.07) is 13.1. The number of hydrogen-bond acceptors (Lipinski definition) is 6. The smallest absolute Gasteiger partial charge is 0.344 e. The maximum atomic E-state index is 13.3. The topological polar surface area (TPSA) is 90.0 Å². The lowest BCUT2D eigenvalue weighted by Gasteiger charge is -2.36. The lowest BCUT2D eigenvalue weighted by Crippen LogP contribution is -2.36. The largest absolute Gasteiger partial charge is 0.460 e. The Morgan fingerprint density at radius 1 is 1.09 bits per heavy atom. The highest BCUT2D eigenvalue weighted by atomic mass is 32.2. The Kier molecular flexibility index (Phi) is 7.50. The Hall–Kier alpha value is -2.87. The van der Waals surface area contributed by atoms with Gasteiger partial charge in [0.1, 0.15) is 6.10 Å². The van der Waals surface area contributed by atoms with E-state index in [0.717, 1.165) is 24.8 Å². The van der Waals surface area contributed by atoms with Gasteiger partial charge >= 0.3 is 11.9 Å². The molecule has 0 unspecified atom stereocenters. The molecule has 2 aromatic carbocycles. The lowest BCUT2D eigenvalue weighted by molar-refractivity contribution is -0.159. The summed E-state index contributed by atoms with van der Waals surface area (Å²) in [6.07, 6.45) is 3.40. The Morgan fingerprint density at radius 2 is 1.86 bits per heavy atom. The summed E-state index contributed by atoms with van der Waals surface area (Å²) in [7, 11) is -3.84. The minimum Gasteiger partial charge on any atom is -0.460 e. The molecule has 0 spiro atoms. The Morgan fingerprint density at radius 3 is 2.63 bits per heavy atom. The van der Waals surface area contributed by atoms with Crippen LogP contribution in [-0.2, 0) is 30.7 Å². The standard InChI is InChI=1S/C27H33NO6S/c1-18(2)23-12-11-19(3)15-25(23)34-26(29)17-33-27(30)21-8-6-9-22(16-21)35(31,32)28-14-13-20-7-4-5-10-24(20)28/h4-10,16,18-19,23,25H,11-15,17H2,1-3H3/t19-,23-,25-/m1/s1. The predicted molar refractivity (Wildman–Crippen MR) is 133 cm³/mol. The minimum absolute atomic E-state index is 0.00204. The van der Waals surface area contributed by atoms with Crippen LogP contribution in [0.3, 0.4) is 0 Å². The molecule has 0 radical (unpaired) electrons. The number of para-hydroxylation sites is 1. The molecular weight excluding hydrogens is 466 g/mol. The second-order valence-electron chi connectivity index (χ2n) is 9.91. The molecule has 0 N–H and O–H groups in total. The van der Waals surface area contributed by atoms with Crippen LogP contribution in [0.2, 0.25) is 0 Å². The minimum atomic E-state index is -3.84. The predicted octanol–water partition coefficient (Wildman–Crippen LogP) is 4.60. The van der Waals surface area contributed by atoms with E-state index in [2.05, 4.69) is 20.8 Å². The van der Waals surface area contributed by atoms with Gasteiger partial charge in [-0.1, -0.05) is 51.5 Å². The van der Waals surface area contributed by atoms with Gasteiger partial charge in [0.05, 0.1) is 16.1 Å². The van der Waals surface area contributed by atoms with Gasteiger partial charge in [-0.25, -0.2) is 18.0 Å². The van der Waals surface area contributed by atoms with Gasteiger partial charge in [0, 0.05) is 6.54 Å². The number of carbonyl (C=O) groups is 2. The summed E-state index contributed by atoms with van der Waals surface area (Å²) in [6.45, 7) is 6.25. The highest BCUT2D eigenvalue weighted by molar-refractivity contribution is 7.92.